The molecule has 0 spiro atoms. The van der Waals surface area contributed by atoms with Crippen molar-refractivity contribution in [1.82, 2.24) is 9.97 Å². The van der Waals surface area contributed by atoms with Crippen LogP contribution < -0.4 is 0 Å². The third-order valence-corrected chi connectivity index (χ3v) is 12.0. The van der Waals surface area contributed by atoms with Crippen molar-refractivity contribution in [3.63, 3.8) is 0 Å². The second kappa shape index (κ2) is 18.0. The van der Waals surface area contributed by atoms with E-state index in [2.05, 4.69) is 121 Å². The Morgan fingerprint density at radius 2 is 0.574 bits per heavy atom. The van der Waals surface area contributed by atoms with Gasteiger partial charge in [0.2, 0.25) is 0 Å². The molecule has 274 valence electrons. The van der Waals surface area contributed by atoms with E-state index in [0.717, 1.165) is 34.9 Å². The standard InChI is InChI=1S/C52H56N2/c1(3-5-7-9-11-13-15-29-43-45-31-21-23-33-49(45)53-51-41-27-19-17-25-39(41)35-37-47(43)51)2-4-6-8-10-12-14-16-30-44-46-32-22-24-34-50(46)54-52-42-28-20-18-26-40(42)36-38-48(44)52/h17-28,31-38H,1-16,29-30H2. The Labute approximate surface area is 322 Å². The van der Waals surface area contributed by atoms with Crippen LogP contribution in [-0.4, -0.2) is 9.97 Å². The number of benzene rings is 6. The molecule has 2 heteroatoms. The quantitative estimate of drug-likeness (QED) is 0.0475. The number of fused-ring (bicyclic) bond motifs is 8. The number of hydrogen-bond acceptors (Lipinski definition) is 2. The van der Waals surface area contributed by atoms with E-state index >= 15 is 0 Å². The Morgan fingerprint density at radius 3 is 0.963 bits per heavy atom. The van der Waals surface area contributed by atoms with E-state index in [0.29, 0.717) is 0 Å². The van der Waals surface area contributed by atoms with E-state index in [1.165, 1.54) is 157 Å². The maximum absolute atomic E-state index is 5.12. The van der Waals surface area contributed by atoms with Crippen molar-refractivity contribution in [1.29, 1.82) is 0 Å². The molecule has 0 aliphatic carbocycles. The lowest BCUT2D eigenvalue weighted by Crippen LogP contribution is -1.94. The number of nitrogens with zero attached hydrogens (tertiary/aromatic N) is 2. The number of pyridine rings is 2. The van der Waals surface area contributed by atoms with Gasteiger partial charge in [0.15, 0.2) is 0 Å². The predicted molar refractivity (Wildman–Crippen MR) is 235 cm³/mol. The van der Waals surface area contributed by atoms with Crippen LogP contribution >= 0.6 is 0 Å². The van der Waals surface area contributed by atoms with Crippen LogP contribution in [0.1, 0.15) is 114 Å². The maximum atomic E-state index is 5.12. The highest BCUT2D eigenvalue weighted by Crippen LogP contribution is 2.34. The third-order valence-electron chi connectivity index (χ3n) is 12.0. The molecule has 8 rings (SSSR count). The summed E-state index contributed by atoms with van der Waals surface area (Å²) in [4.78, 5) is 10.2. The fourth-order valence-electron chi connectivity index (χ4n) is 9.04. The number of unbranched alkanes of at least 4 members (excludes halogenated alkanes) is 15. The van der Waals surface area contributed by atoms with Gasteiger partial charge in [0, 0.05) is 32.3 Å². The van der Waals surface area contributed by atoms with Gasteiger partial charge >= 0.3 is 0 Å². The molecule has 0 atom stereocenters. The fraction of sp³-hybridized carbons (Fsp3) is 0.346. The van der Waals surface area contributed by atoms with Crippen LogP contribution in [0.2, 0.25) is 0 Å². The highest BCUT2D eigenvalue weighted by Gasteiger charge is 2.13. The van der Waals surface area contributed by atoms with E-state index in [1.807, 2.05) is 0 Å². The molecule has 54 heavy (non-hydrogen) atoms. The minimum Gasteiger partial charge on any atom is -0.247 e. The average molecular weight is 709 g/mol. The van der Waals surface area contributed by atoms with Gasteiger partial charge in [0.05, 0.1) is 22.1 Å². The van der Waals surface area contributed by atoms with Gasteiger partial charge in [-0.25, -0.2) is 9.97 Å². The predicted octanol–water partition coefficient (Wildman–Crippen LogP) is 15.4. The molecule has 0 N–H and O–H groups in total. The van der Waals surface area contributed by atoms with Crippen molar-refractivity contribution in [2.45, 2.75) is 116 Å². The Bertz CT molecular complexity index is 2300. The van der Waals surface area contributed by atoms with E-state index in [-0.39, 0.29) is 0 Å². The van der Waals surface area contributed by atoms with Crippen molar-refractivity contribution in [3.05, 3.63) is 132 Å². The number of aryl methyl sites for hydroxylation is 2. The monoisotopic (exact) mass is 708 g/mol. The van der Waals surface area contributed by atoms with Gasteiger partial charge < -0.3 is 0 Å². The first-order chi connectivity index (χ1) is 26.8. The highest BCUT2D eigenvalue weighted by molar-refractivity contribution is 6.11. The third kappa shape index (κ3) is 8.29. The molecule has 0 bridgehead atoms. The Kier molecular flexibility index (Phi) is 12.1. The number of aromatic nitrogens is 2. The van der Waals surface area contributed by atoms with Crippen LogP contribution in [-0.2, 0) is 12.8 Å². The van der Waals surface area contributed by atoms with Crippen molar-refractivity contribution in [2.75, 3.05) is 0 Å². The van der Waals surface area contributed by atoms with Gasteiger partial charge in [-0.05, 0) is 59.7 Å². The number of hydrogen-bond donors (Lipinski definition) is 0. The second-order valence-electron chi connectivity index (χ2n) is 15.7. The molecule has 6 aromatic carbocycles. The Balaban J connectivity index is 0.682. The molecule has 2 aromatic heterocycles. The summed E-state index contributed by atoms with van der Waals surface area (Å²) in [5, 5.41) is 10.4. The van der Waals surface area contributed by atoms with Crippen LogP contribution in [0.25, 0.3) is 65.2 Å². The summed E-state index contributed by atoms with van der Waals surface area (Å²) in [5.74, 6) is 0. The smallest absolute Gasteiger partial charge is 0.0790 e. The molecule has 0 radical (unpaired) electrons. The Morgan fingerprint density at radius 1 is 0.259 bits per heavy atom. The zero-order chi connectivity index (χ0) is 36.4. The largest absolute Gasteiger partial charge is 0.247 e. The molecular formula is C52H56N2. The van der Waals surface area contributed by atoms with Gasteiger partial charge in [0.25, 0.3) is 0 Å². The lowest BCUT2D eigenvalue weighted by Gasteiger charge is -2.13. The molecule has 0 saturated carbocycles. The molecule has 0 unspecified atom stereocenters. The van der Waals surface area contributed by atoms with Crippen LogP contribution in [0.4, 0.5) is 0 Å². The molecule has 0 amide bonds. The topological polar surface area (TPSA) is 25.8 Å². The first kappa shape index (κ1) is 36.2. The molecule has 2 heterocycles. The minimum atomic E-state index is 1.13. The zero-order valence-electron chi connectivity index (χ0n) is 32.2. The number of para-hydroxylation sites is 2. The minimum absolute atomic E-state index is 1.13. The second-order valence-corrected chi connectivity index (χ2v) is 15.7. The van der Waals surface area contributed by atoms with E-state index in [1.54, 1.807) is 0 Å². The van der Waals surface area contributed by atoms with Gasteiger partial charge in [0.1, 0.15) is 0 Å². The zero-order valence-corrected chi connectivity index (χ0v) is 32.2. The van der Waals surface area contributed by atoms with E-state index in [4.69, 9.17) is 9.97 Å². The normalized spacial score (nSPS) is 11.9. The van der Waals surface area contributed by atoms with Crippen molar-refractivity contribution in [3.8, 4) is 0 Å². The summed E-state index contributed by atoms with van der Waals surface area (Å²) >= 11 is 0. The lowest BCUT2D eigenvalue weighted by atomic mass is 9.95. The summed E-state index contributed by atoms with van der Waals surface area (Å²) in [6.07, 6.45) is 24.2. The molecule has 0 aliphatic rings. The van der Waals surface area contributed by atoms with Gasteiger partial charge in [-0.1, -0.05) is 199 Å². The Hall–Kier alpha value is -4.82. The molecular weight excluding hydrogens is 653 g/mol. The van der Waals surface area contributed by atoms with Crippen molar-refractivity contribution >= 4 is 65.2 Å². The van der Waals surface area contributed by atoms with E-state index in [9.17, 15) is 0 Å². The number of rotatable bonds is 19. The molecule has 0 saturated heterocycles. The lowest BCUT2D eigenvalue weighted by molar-refractivity contribution is 0.528. The summed E-state index contributed by atoms with van der Waals surface area (Å²) < 4.78 is 0. The van der Waals surface area contributed by atoms with Crippen molar-refractivity contribution < 1.29 is 0 Å². The maximum Gasteiger partial charge on any atom is 0.0790 e. The molecule has 8 aromatic rings. The summed E-state index contributed by atoms with van der Waals surface area (Å²) in [7, 11) is 0. The van der Waals surface area contributed by atoms with Gasteiger partial charge in [-0.3, -0.25) is 0 Å². The van der Waals surface area contributed by atoms with E-state index < -0.39 is 0 Å². The SMILES string of the molecule is c1ccc2c(c1)ccc1c(CCCCCCCCCCCCCCCCCCc3c4ccccc4nc4c3ccc3ccccc34)c3ccccc3nc12. The van der Waals surface area contributed by atoms with Crippen molar-refractivity contribution in [2.24, 2.45) is 0 Å². The molecule has 0 fully saturated rings. The highest BCUT2D eigenvalue weighted by atomic mass is 14.7. The summed E-state index contributed by atoms with van der Waals surface area (Å²) in [6, 6.07) is 44.0. The fourth-order valence-corrected chi connectivity index (χ4v) is 9.04. The van der Waals surface area contributed by atoms with Crippen LogP contribution in [0, 0.1) is 0 Å². The molecule has 0 aliphatic heterocycles. The van der Waals surface area contributed by atoms with Crippen LogP contribution in [0.3, 0.4) is 0 Å². The van der Waals surface area contributed by atoms with Crippen LogP contribution in [0.5, 0.6) is 0 Å². The average Bonchev–Trinajstić information content (AvgIpc) is 3.22. The van der Waals surface area contributed by atoms with Gasteiger partial charge in [-0.15, -0.1) is 0 Å². The molecule has 2 nitrogen and oxygen atoms in total. The first-order valence-electron chi connectivity index (χ1n) is 21.2. The van der Waals surface area contributed by atoms with Gasteiger partial charge in [-0.2, -0.15) is 0 Å². The summed E-state index contributed by atoms with van der Waals surface area (Å²) in [6.45, 7) is 0. The first-order valence-corrected chi connectivity index (χ1v) is 21.2. The van der Waals surface area contributed by atoms with Crippen LogP contribution in [0.15, 0.2) is 121 Å². The summed E-state index contributed by atoms with van der Waals surface area (Å²) in [5.41, 5.74) is 7.54.